The average Bonchev–Trinajstić information content (AvgIpc) is 3.15. The third-order valence-electron chi connectivity index (χ3n) is 4.56. The van der Waals surface area contributed by atoms with Gasteiger partial charge in [0.15, 0.2) is 5.75 Å². The smallest absolute Gasteiger partial charge is 0.417 e. The van der Waals surface area contributed by atoms with Gasteiger partial charge in [-0.3, -0.25) is 14.4 Å². The third-order valence-corrected chi connectivity index (χ3v) is 5.48. The van der Waals surface area contributed by atoms with E-state index < -0.39 is 43.9 Å². The number of aryl methyl sites for hydroxylation is 1. The van der Waals surface area contributed by atoms with Crippen LogP contribution >= 0.6 is 22.6 Å². The monoisotopic (exact) mass is 563 g/mol. The van der Waals surface area contributed by atoms with Gasteiger partial charge in [0.25, 0.3) is 16.8 Å². The Kier molecular flexibility index (Phi) is 6.26. The molecule has 1 amide bonds. The Bertz CT molecular complexity index is 1260. The fraction of sp³-hybridized carbons (Fsp3) is 0.250. The number of hydrogen-bond donors (Lipinski definition) is 3. The first-order chi connectivity index (χ1) is 14.8. The van der Waals surface area contributed by atoms with Crippen LogP contribution in [0.2, 0.25) is 0 Å². The third kappa shape index (κ3) is 4.31. The summed E-state index contributed by atoms with van der Waals surface area (Å²) in [5, 5.41) is 15.7. The highest BCUT2D eigenvalue weighted by Crippen LogP contribution is 2.41. The van der Waals surface area contributed by atoms with E-state index in [0.29, 0.717) is 17.6 Å². The maximum absolute atomic E-state index is 13.4. The molecule has 0 saturated carbocycles. The molecule has 32 heavy (non-hydrogen) atoms. The van der Waals surface area contributed by atoms with Gasteiger partial charge < -0.3 is 25.1 Å². The van der Waals surface area contributed by atoms with Crippen LogP contribution in [0.15, 0.2) is 38.3 Å². The number of amides is 1. The molecule has 0 bridgehead atoms. The molecule has 3 aromatic rings. The molecular formula is C20H17F3IN3O5. The molecule has 0 saturated heterocycles. The van der Waals surface area contributed by atoms with Crippen molar-refractivity contribution in [3.05, 3.63) is 67.4 Å². The topological polar surface area (TPSA) is 112 Å². The summed E-state index contributed by atoms with van der Waals surface area (Å²) in [6, 6.07) is 4.89. The van der Waals surface area contributed by atoms with Gasteiger partial charge in [-0.1, -0.05) is 0 Å². The summed E-state index contributed by atoms with van der Waals surface area (Å²) in [6.45, 7) is 1.73. The van der Waals surface area contributed by atoms with Crippen molar-refractivity contribution in [1.29, 1.82) is 0 Å². The second kappa shape index (κ2) is 8.48. The summed E-state index contributed by atoms with van der Waals surface area (Å²) in [4.78, 5) is 37.3. The van der Waals surface area contributed by atoms with Gasteiger partial charge in [0, 0.05) is 14.1 Å². The molecule has 1 atom stereocenters. The highest BCUT2D eigenvalue weighted by atomic mass is 127. The van der Waals surface area contributed by atoms with E-state index in [1.165, 1.54) is 14.1 Å². The molecule has 0 fully saturated rings. The molecule has 1 unspecified atom stereocenters. The predicted molar refractivity (Wildman–Crippen MR) is 120 cm³/mol. The van der Waals surface area contributed by atoms with E-state index in [9.17, 15) is 32.7 Å². The summed E-state index contributed by atoms with van der Waals surface area (Å²) in [7, 11) is 2.47. The van der Waals surface area contributed by atoms with Gasteiger partial charge in [-0.25, -0.2) is 0 Å². The molecule has 170 valence electrons. The van der Waals surface area contributed by atoms with E-state index in [1.807, 2.05) is 22.6 Å². The van der Waals surface area contributed by atoms with Crippen molar-refractivity contribution in [2.24, 2.45) is 0 Å². The Balaban J connectivity index is 1.99. The van der Waals surface area contributed by atoms with Crippen LogP contribution in [0.25, 0.3) is 0 Å². The Morgan fingerprint density at radius 2 is 1.75 bits per heavy atom. The highest BCUT2D eigenvalue weighted by molar-refractivity contribution is 14.1. The number of benzene rings is 1. The first kappa shape index (κ1) is 23.6. The Hall–Kier alpha value is -3.03. The molecule has 0 aliphatic heterocycles. The quantitative estimate of drug-likeness (QED) is 0.137. The number of aromatic hydroxyl groups is 1. The van der Waals surface area contributed by atoms with Gasteiger partial charge in [-0.2, -0.15) is 13.2 Å². The Morgan fingerprint density at radius 1 is 1.12 bits per heavy atom. The lowest BCUT2D eigenvalue weighted by molar-refractivity contribution is -0.138. The number of nitrogens with zero attached hydrogens (tertiary/aromatic N) is 1. The number of nitrogens with one attached hydrogen (secondary N) is 2. The van der Waals surface area contributed by atoms with Gasteiger partial charge in [0.05, 0.1) is 16.8 Å². The largest absolute Gasteiger partial charge is 0.505 e. The summed E-state index contributed by atoms with van der Waals surface area (Å²) in [6.07, 6.45) is -4.90. The number of carbonyl (C=O) groups excluding carboxylic acids is 1. The zero-order chi connectivity index (χ0) is 24.0. The lowest BCUT2D eigenvalue weighted by Gasteiger charge is -2.21. The van der Waals surface area contributed by atoms with Crippen molar-refractivity contribution in [3.8, 4) is 5.75 Å². The van der Waals surface area contributed by atoms with Gasteiger partial charge in [-0.05, 0) is 53.8 Å². The van der Waals surface area contributed by atoms with E-state index in [4.69, 9.17) is 4.42 Å². The van der Waals surface area contributed by atoms with Gasteiger partial charge in [0.2, 0.25) is 0 Å². The van der Waals surface area contributed by atoms with Crippen molar-refractivity contribution in [2.75, 3.05) is 24.7 Å². The lowest BCUT2D eigenvalue weighted by atomic mass is 10.0. The molecule has 8 nitrogen and oxygen atoms in total. The number of hydrogen-bond acceptors (Lipinski definition) is 7. The zero-order valence-corrected chi connectivity index (χ0v) is 19.1. The first-order valence-corrected chi connectivity index (χ1v) is 10.3. The van der Waals surface area contributed by atoms with Crippen molar-refractivity contribution < 1.29 is 27.5 Å². The SMILES string of the molecule is Cc1ccc(C(I)Nc2c(Nc3ccc(C(F)(F)F)c(C(=O)N(C)C)c3O)c(=O)c2=O)o1. The van der Waals surface area contributed by atoms with Crippen LogP contribution in [0.3, 0.4) is 0 Å². The summed E-state index contributed by atoms with van der Waals surface area (Å²) in [5.74, 6) is -0.953. The number of rotatable bonds is 6. The first-order valence-electron chi connectivity index (χ1n) is 9.05. The Labute approximate surface area is 192 Å². The van der Waals surface area contributed by atoms with Gasteiger partial charge >= 0.3 is 6.18 Å². The van der Waals surface area contributed by atoms with Crippen molar-refractivity contribution >= 4 is 45.6 Å². The van der Waals surface area contributed by atoms with E-state index in [2.05, 4.69) is 10.6 Å². The van der Waals surface area contributed by atoms with E-state index >= 15 is 0 Å². The van der Waals surface area contributed by atoms with Gasteiger partial charge in [-0.15, -0.1) is 0 Å². The minimum Gasteiger partial charge on any atom is -0.505 e. The number of phenols is 1. The molecule has 3 N–H and O–H groups in total. The second-order valence-corrected chi connectivity index (χ2v) is 8.32. The van der Waals surface area contributed by atoms with Crippen molar-refractivity contribution in [2.45, 2.75) is 17.1 Å². The average molecular weight is 563 g/mol. The molecular weight excluding hydrogens is 546 g/mol. The number of anilines is 3. The molecule has 3 rings (SSSR count). The number of phenolic OH excluding ortho intramolecular Hbond substituents is 1. The zero-order valence-electron chi connectivity index (χ0n) is 16.9. The highest BCUT2D eigenvalue weighted by Gasteiger charge is 2.38. The normalized spacial score (nSPS) is 12.6. The maximum atomic E-state index is 13.4. The number of alkyl halides is 4. The molecule has 0 aliphatic rings. The molecule has 1 aromatic heterocycles. The summed E-state index contributed by atoms with van der Waals surface area (Å²) >= 11 is 1.94. The van der Waals surface area contributed by atoms with Crippen LogP contribution in [-0.2, 0) is 6.18 Å². The summed E-state index contributed by atoms with van der Waals surface area (Å²) < 4.78 is 45.1. The van der Waals surface area contributed by atoms with Crippen molar-refractivity contribution in [1.82, 2.24) is 4.90 Å². The van der Waals surface area contributed by atoms with Crippen molar-refractivity contribution in [3.63, 3.8) is 0 Å². The standard InChI is InChI=1S/C20H17F3IN3O5/c1-8-4-7-11(32-8)18(24)26-14-13(16(29)17(14)30)25-10-6-5-9(20(21,22)23)12(15(10)28)19(31)27(2)3/h4-7,18,25-26,28H,1-3H3. The van der Waals surface area contributed by atoms with Crippen LogP contribution in [0.5, 0.6) is 5.75 Å². The number of carbonyl (C=O) groups is 1. The minimum atomic E-state index is -4.90. The molecule has 2 aromatic carbocycles. The fourth-order valence-corrected chi connectivity index (χ4v) is 3.59. The van der Waals surface area contributed by atoms with E-state index in [0.717, 1.165) is 11.0 Å². The van der Waals surface area contributed by atoms with Crippen LogP contribution in [0.1, 0.15) is 31.5 Å². The molecule has 12 heteroatoms. The number of furan rings is 1. The second-order valence-electron chi connectivity index (χ2n) is 7.07. The number of halogens is 4. The van der Waals surface area contributed by atoms with Crippen LogP contribution < -0.4 is 21.5 Å². The van der Waals surface area contributed by atoms with Crippen LogP contribution in [-0.4, -0.2) is 30.0 Å². The molecule has 0 radical (unpaired) electrons. The van der Waals surface area contributed by atoms with Crippen LogP contribution in [0, 0.1) is 6.92 Å². The maximum Gasteiger partial charge on any atom is 0.417 e. The van der Waals surface area contributed by atoms with E-state index in [-0.39, 0.29) is 17.1 Å². The van der Waals surface area contributed by atoms with Crippen LogP contribution in [0.4, 0.5) is 30.2 Å². The molecule has 0 spiro atoms. The van der Waals surface area contributed by atoms with E-state index in [1.54, 1.807) is 19.1 Å². The fourth-order valence-electron chi connectivity index (χ4n) is 2.94. The molecule has 0 aliphatic carbocycles. The predicted octanol–water partition coefficient (Wildman–Crippen LogP) is 3.90. The molecule has 1 heterocycles. The minimum absolute atomic E-state index is 0.122. The summed E-state index contributed by atoms with van der Waals surface area (Å²) in [5.41, 5.74) is -4.78. The lowest BCUT2D eigenvalue weighted by Crippen LogP contribution is -2.37. The Morgan fingerprint density at radius 3 is 2.28 bits per heavy atom. The van der Waals surface area contributed by atoms with Gasteiger partial charge in [0.1, 0.15) is 26.9 Å².